The van der Waals surface area contributed by atoms with Gasteiger partial charge in [-0.05, 0) is 24.5 Å². The predicted octanol–water partition coefficient (Wildman–Crippen LogP) is 4.30. The minimum absolute atomic E-state index is 0. The van der Waals surface area contributed by atoms with Crippen LogP contribution in [0.25, 0.3) is 11.0 Å². The molecule has 0 aliphatic rings. The summed E-state index contributed by atoms with van der Waals surface area (Å²) in [6.45, 7) is 11.0. The lowest BCUT2D eigenvalue weighted by Crippen LogP contribution is -1.96. The topological polar surface area (TPSA) is 56.7 Å². The lowest BCUT2D eigenvalue weighted by molar-refractivity contribution is 0.783. The van der Waals surface area contributed by atoms with Crippen LogP contribution in [0, 0.1) is 0 Å². The molecule has 2 N–H and O–H groups in total. The van der Waals surface area contributed by atoms with Crippen LogP contribution in [0.2, 0.25) is 0 Å². The Balaban J connectivity index is 0.000000987. The summed E-state index contributed by atoms with van der Waals surface area (Å²) >= 11 is 0. The van der Waals surface area contributed by atoms with Gasteiger partial charge in [0.25, 0.3) is 0 Å². The minimum atomic E-state index is 0. The van der Waals surface area contributed by atoms with E-state index < -0.39 is 0 Å². The van der Waals surface area contributed by atoms with Gasteiger partial charge < -0.3 is 10.3 Å². The van der Waals surface area contributed by atoms with Crippen LogP contribution in [-0.4, -0.2) is 22.9 Å². The molecule has 3 radical (unpaired) electrons. The van der Waals surface area contributed by atoms with Crippen LogP contribution in [0.4, 0.5) is 5.82 Å². The normalized spacial score (nSPS) is 9.21. The zero-order valence-corrected chi connectivity index (χ0v) is 15.5. The zero-order valence-electron chi connectivity index (χ0n) is 15.5. The number of aromatic nitrogens is 3. The molecule has 0 fully saturated rings. The Morgan fingerprint density at radius 2 is 1.62 bits per heavy atom. The number of hydrogen-bond donors (Lipinski definition) is 1. The Kier molecular flexibility index (Phi) is 10.2. The van der Waals surface area contributed by atoms with Crippen molar-refractivity contribution in [3.63, 3.8) is 0 Å². The fourth-order valence-electron chi connectivity index (χ4n) is 2.42. The maximum absolute atomic E-state index is 6.01. The van der Waals surface area contributed by atoms with E-state index in [-0.39, 0.29) is 8.41 Å². The van der Waals surface area contributed by atoms with Crippen molar-refractivity contribution in [1.82, 2.24) is 14.5 Å². The Hall–Kier alpha value is -2.30. The average Bonchev–Trinajstić information content (AvgIpc) is 2.98. The molecule has 0 amide bonds. The second-order valence-electron chi connectivity index (χ2n) is 4.56. The highest BCUT2D eigenvalue weighted by Crippen LogP contribution is 2.25. The first-order valence-corrected chi connectivity index (χ1v) is 8.41. The summed E-state index contributed by atoms with van der Waals surface area (Å²) in [4.78, 5) is 8.46. The highest BCUT2D eigenvalue weighted by Gasteiger charge is 2.12. The van der Waals surface area contributed by atoms with Gasteiger partial charge in [-0.1, -0.05) is 58.0 Å². The van der Waals surface area contributed by atoms with Crippen molar-refractivity contribution >= 4 is 25.3 Å². The number of hydrogen-bond acceptors (Lipinski definition) is 3. The average molecular weight is 323 g/mol. The van der Waals surface area contributed by atoms with Crippen molar-refractivity contribution in [2.24, 2.45) is 0 Å². The van der Waals surface area contributed by atoms with E-state index in [0.717, 1.165) is 24.0 Å². The lowest BCUT2D eigenvalue weighted by atomic mass is 10.1. The van der Waals surface area contributed by atoms with Gasteiger partial charge in [0.05, 0.1) is 5.39 Å². The van der Waals surface area contributed by atoms with E-state index in [1.165, 1.54) is 17.5 Å². The van der Waals surface area contributed by atoms with Gasteiger partial charge in [0.2, 0.25) is 0 Å². The van der Waals surface area contributed by atoms with E-state index in [9.17, 15) is 0 Å². The van der Waals surface area contributed by atoms with E-state index in [1.54, 1.807) is 0 Å². The molecule has 0 aliphatic heterocycles. The summed E-state index contributed by atoms with van der Waals surface area (Å²) in [6, 6.07) is 10.4. The molecule has 4 nitrogen and oxygen atoms in total. The number of anilines is 1. The van der Waals surface area contributed by atoms with Crippen LogP contribution < -0.4 is 5.73 Å². The third-order valence-electron chi connectivity index (χ3n) is 3.34. The molecule has 5 heteroatoms. The summed E-state index contributed by atoms with van der Waals surface area (Å²) in [5, 5.41) is 0.980. The molecule has 0 atom stereocenters. The zero-order chi connectivity index (χ0) is 17.2. The molecule has 0 bridgehead atoms. The first kappa shape index (κ1) is 21.7. The Morgan fingerprint density at radius 1 is 1.00 bits per heavy atom. The van der Waals surface area contributed by atoms with Gasteiger partial charge in [-0.3, -0.25) is 0 Å². The van der Waals surface area contributed by atoms with Gasteiger partial charge in [-0.15, -0.1) is 0 Å². The Morgan fingerprint density at radius 3 is 2.21 bits per heavy atom. The van der Waals surface area contributed by atoms with Crippen LogP contribution >= 0.6 is 0 Å². The second kappa shape index (κ2) is 11.3. The molecule has 0 spiro atoms. The van der Waals surface area contributed by atoms with Gasteiger partial charge in [-0.2, -0.15) is 0 Å². The van der Waals surface area contributed by atoms with Crippen molar-refractivity contribution in [2.75, 3.05) is 5.73 Å². The molecule has 2 heterocycles. The minimum Gasteiger partial charge on any atom is -0.383 e. The van der Waals surface area contributed by atoms with Crippen molar-refractivity contribution in [2.45, 2.75) is 47.6 Å². The maximum Gasteiger partial charge on any atom is 0.145 e. The van der Waals surface area contributed by atoms with E-state index in [2.05, 4.69) is 39.8 Å². The molecule has 0 unspecified atom stereocenters. The number of nitrogens with zero attached hydrogens (tertiary/aromatic N) is 3. The number of rotatable bonds is 3. The van der Waals surface area contributed by atoms with Crippen LogP contribution in [0.5, 0.6) is 0 Å². The van der Waals surface area contributed by atoms with E-state index >= 15 is 0 Å². The molecule has 3 aromatic rings. The molecule has 0 aliphatic carbocycles. The van der Waals surface area contributed by atoms with Crippen molar-refractivity contribution in [3.05, 3.63) is 54.0 Å². The van der Waals surface area contributed by atoms with Crippen LogP contribution in [0.1, 0.15) is 45.7 Å². The second-order valence-corrected chi connectivity index (χ2v) is 4.56. The highest BCUT2D eigenvalue weighted by molar-refractivity contribution is 5.90. The molecular weight excluding hydrogens is 295 g/mol. The standard InChI is InChI=1S/C15H16N4.2C2H6.B/c1-2-19-9-12(8-11-6-4-3-5-7-11)13-14(16)17-10-18-15(13)19;2*1-2;/h3-7,9-10H,2,8H2,1H3,(H2,16,17,18);2*1-2H3;. The van der Waals surface area contributed by atoms with Crippen molar-refractivity contribution in [3.8, 4) is 0 Å². The fourth-order valence-corrected chi connectivity index (χ4v) is 2.42. The van der Waals surface area contributed by atoms with Gasteiger partial charge in [0.1, 0.15) is 17.8 Å². The smallest absolute Gasteiger partial charge is 0.145 e. The molecule has 3 rings (SSSR count). The number of nitrogen functional groups attached to an aromatic ring is 1. The van der Waals surface area contributed by atoms with Gasteiger partial charge in [-0.25, -0.2) is 9.97 Å². The summed E-state index contributed by atoms with van der Waals surface area (Å²) < 4.78 is 2.12. The third kappa shape index (κ3) is 4.85. The molecule has 127 valence electrons. The van der Waals surface area contributed by atoms with Crippen LogP contribution in [-0.2, 0) is 13.0 Å². The molecule has 1 aromatic carbocycles. The van der Waals surface area contributed by atoms with Gasteiger partial charge >= 0.3 is 0 Å². The van der Waals surface area contributed by atoms with Gasteiger partial charge in [0, 0.05) is 21.2 Å². The Bertz CT molecular complexity index is 708. The summed E-state index contributed by atoms with van der Waals surface area (Å²) in [6.07, 6.45) is 4.50. The van der Waals surface area contributed by atoms with Crippen LogP contribution in [0.15, 0.2) is 42.9 Å². The van der Waals surface area contributed by atoms with Crippen molar-refractivity contribution in [1.29, 1.82) is 0 Å². The molecular formula is C19H28BN4. The molecule has 24 heavy (non-hydrogen) atoms. The van der Waals surface area contributed by atoms with E-state index in [4.69, 9.17) is 5.73 Å². The van der Waals surface area contributed by atoms with Gasteiger partial charge in [0.15, 0.2) is 0 Å². The van der Waals surface area contributed by atoms with Crippen molar-refractivity contribution < 1.29 is 0 Å². The first-order chi connectivity index (χ1) is 11.3. The Labute approximate surface area is 147 Å². The molecule has 0 saturated carbocycles. The third-order valence-corrected chi connectivity index (χ3v) is 3.34. The quantitative estimate of drug-likeness (QED) is 0.731. The number of benzene rings is 1. The predicted molar refractivity (Wildman–Crippen MR) is 105 cm³/mol. The summed E-state index contributed by atoms with van der Waals surface area (Å²) in [5.74, 6) is 0.558. The van der Waals surface area contributed by atoms with E-state index in [0.29, 0.717) is 5.82 Å². The number of nitrogens with two attached hydrogens (primary N) is 1. The maximum atomic E-state index is 6.01. The monoisotopic (exact) mass is 323 g/mol. The largest absolute Gasteiger partial charge is 0.383 e. The molecule has 2 aromatic heterocycles. The van der Waals surface area contributed by atoms with E-state index in [1.807, 2.05) is 45.9 Å². The fraction of sp³-hybridized carbons (Fsp3) is 0.368. The lowest BCUT2D eigenvalue weighted by Gasteiger charge is -2.01. The summed E-state index contributed by atoms with van der Waals surface area (Å²) in [7, 11) is 0. The SMILES string of the molecule is CC.CC.CCn1cc(Cc2ccccc2)c2c(N)ncnc21.[B]. The highest BCUT2D eigenvalue weighted by atomic mass is 15.1. The van der Waals surface area contributed by atoms with Crippen LogP contribution in [0.3, 0.4) is 0 Å². The number of aryl methyl sites for hydroxylation is 1. The first-order valence-electron chi connectivity index (χ1n) is 8.41. The molecule has 0 saturated heterocycles. The number of fused-ring (bicyclic) bond motifs is 1. The summed E-state index contributed by atoms with van der Waals surface area (Å²) in [5.41, 5.74) is 9.38.